The average molecular weight is 352 g/mol. The zero-order chi connectivity index (χ0) is 17.9. The molecule has 2 aromatic rings. The molecule has 5 nitrogen and oxygen atoms in total. The number of carbonyl (C=O) groups excluding carboxylic acids is 1. The normalized spacial score (nSPS) is 23.1. The fourth-order valence-electron chi connectivity index (χ4n) is 4.30. The van der Waals surface area contributed by atoms with Crippen LogP contribution in [-0.2, 0) is 0 Å². The van der Waals surface area contributed by atoms with Gasteiger partial charge in [-0.3, -0.25) is 4.79 Å². The lowest BCUT2D eigenvalue weighted by atomic mass is 9.89. The number of hydrogen-bond acceptors (Lipinski definition) is 3. The molecular formula is C21H28N4O. The van der Waals surface area contributed by atoms with Crippen molar-refractivity contribution in [3.8, 4) is 0 Å². The van der Waals surface area contributed by atoms with Gasteiger partial charge in [0.25, 0.3) is 5.91 Å². The van der Waals surface area contributed by atoms with Crippen LogP contribution in [0.3, 0.4) is 0 Å². The van der Waals surface area contributed by atoms with E-state index in [-0.39, 0.29) is 18.0 Å². The Morgan fingerprint density at radius 2 is 2.00 bits per heavy atom. The first kappa shape index (κ1) is 17.1. The van der Waals surface area contributed by atoms with Crippen molar-refractivity contribution in [3.63, 3.8) is 0 Å². The van der Waals surface area contributed by atoms with Gasteiger partial charge in [0.1, 0.15) is 11.4 Å². The van der Waals surface area contributed by atoms with Crippen LogP contribution < -0.4 is 10.6 Å². The molecular weight excluding hydrogens is 324 g/mol. The summed E-state index contributed by atoms with van der Waals surface area (Å²) in [6.07, 6.45) is 9.06. The standard InChI is InChI=1S/C21H28N4O/c1-15-12-19(17-10-6-3-7-11-17)24-20-18(14-23-25(15)20)21(26)22-13-16-8-4-2-5-9-16/h3,6-7,10-11,14-16,19,24H,2,4-5,8-9,12-13H2,1H3,(H,22,26). The van der Waals surface area contributed by atoms with E-state index in [4.69, 9.17) is 0 Å². The molecule has 4 rings (SSSR count). The van der Waals surface area contributed by atoms with Crippen LogP contribution >= 0.6 is 0 Å². The molecule has 0 radical (unpaired) electrons. The monoisotopic (exact) mass is 352 g/mol. The lowest BCUT2D eigenvalue weighted by Crippen LogP contribution is -2.32. The molecule has 1 aromatic carbocycles. The van der Waals surface area contributed by atoms with Crippen molar-refractivity contribution in [1.29, 1.82) is 0 Å². The summed E-state index contributed by atoms with van der Waals surface area (Å²) in [6.45, 7) is 2.94. The quantitative estimate of drug-likeness (QED) is 0.862. The Kier molecular flexibility index (Phi) is 4.96. The summed E-state index contributed by atoms with van der Waals surface area (Å²) in [5.41, 5.74) is 1.91. The number of benzene rings is 1. The Bertz CT molecular complexity index is 749. The molecule has 138 valence electrons. The Morgan fingerprint density at radius 1 is 1.23 bits per heavy atom. The van der Waals surface area contributed by atoms with Gasteiger partial charge in [-0.05, 0) is 37.7 Å². The predicted octanol–water partition coefficient (Wildman–Crippen LogP) is 4.31. The number of aromatic nitrogens is 2. The highest BCUT2D eigenvalue weighted by molar-refractivity contribution is 5.98. The van der Waals surface area contributed by atoms with Gasteiger partial charge in [-0.1, -0.05) is 49.6 Å². The van der Waals surface area contributed by atoms with Crippen molar-refractivity contribution in [2.24, 2.45) is 5.92 Å². The smallest absolute Gasteiger partial charge is 0.256 e. The minimum absolute atomic E-state index is 0.00904. The molecule has 2 atom stereocenters. The molecule has 0 saturated heterocycles. The van der Waals surface area contributed by atoms with Crippen LogP contribution in [0.5, 0.6) is 0 Å². The van der Waals surface area contributed by atoms with Gasteiger partial charge in [0.05, 0.1) is 18.3 Å². The number of carbonyl (C=O) groups is 1. The third-order valence-electron chi connectivity index (χ3n) is 5.82. The van der Waals surface area contributed by atoms with Crippen molar-refractivity contribution < 1.29 is 4.79 Å². The van der Waals surface area contributed by atoms with E-state index in [1.807, 2.05) is 10.7 Å². The van der Waals surface area contributed by atoms with Crippen LogP contribution in [0.25, 0.3) is 0 Å². The van der Waals surface area contributed by atoms with Crippen LogP contribution in [0, 0.1) is 5.92 Å². The van der Waals surface area contributed by atoms with E-state index >= 15 is 0 Å². The topological polar surface area (TPSA) is 59.0 Å². The molecule has 1 aliphatic heterocycles. The largest absolute Gasteiger partial charge is 0.363 e. The fraction of sp³-hybridized carbons (Fsp3) is 0.524. The summed E-state index contributed by atoms with van der Waals surface area (Å²) in [4.78, 5) is 12.8. The van der Waals surface area contributed by atoms with Gasteiger partial charge in [0, 0.05) is 6.54 Å². The second-order valence-corrected chi connectivity index (χ2v) is 7.76. The van der Waals surface area contributed by atoms with Gasteiger partial charge in [-0.2, -0.15) is 5.10 Å². The van der Waals surface area contributed by atoms with Gasteiger partial charge in [0.15, 0.2) is 0 Å². The molecule has 1 aliphatic carbocycles. The fourth-order valence-corrected chi connectivity index (χ4v) is 4.30. The third-order valence-corrected chi connectivity index (χ3v) is 5.82. The van der Waals surface area contributed by atoms with Crippen molar-refractivity contribution in [3.05, 3.63) is 47.7 Å². The Balaban J connectivity index is 1.48. The number of rotatable bonds is 4. The first-order valence-corrected chi connectivity index (χ1v) is 9.89. The zero-order valence-electron chi connectivity index (χ0n) is 15.4. The number of nitrogens with one attached hydrogen (secondary N) is 2. The van der Waals surface area contributed by atoms with E-state index < -0.39 is 0 Å². The molecule has 0 spiro atoms. The summed E-state index contributed by atoms with van der Waals surface area (Å²) in [5, 5.41) is 11.2. The van der Waals surface area contributed by atoms with E-state index in [2.05, 4.69) is 46.9 Å². The molecule has 2 aliphatic rings. The number of hydrogen-bond donors (Lipinski definition) is 2. The summed E-state index contributed by atoms with van der Waals surface area (Å²) in [7, 11) is 0. The zero-order valence-corrected chi connectivity index (χ0v) is 15.4. The molecule has 26 heavy (non-hydrogen) atoms. The number of fused-ring (bicyclic) bond motifs is 1. The second kappa shape index (κ2) is 7.52. The van der Waals surface area contributed by atoms with Crippen molar-refractivity contribution in [2.75, 3.05) is 11.9 Å². The van der Waals surface area contributed by atoms with Gasteiger partial charge in [0.2, 0.25) is 0 Å². The Hall–Kier alpha value is -2.30. The van der Waals surface area contributed by atoms with Crippen LogP contribution in [0.15, 0.2) is 36.5 Å². The second-order valence-electron chi connectivity index (χ2n) is 7.76. The molecule has 1 amide bonds. The molecule has 2 N–H and O–H groups in total. The van der Waals surface area contributed by atoms with Gasteiger partial charge in [-0.25, -0.2) is 4.68 Å². The summed E-state index contributed by atoms with van der Waals surface area (Å²) >= 11 is 0. The number of anilines is 1. The SMILES string of the molecule is CC1CC(c2ccccc2)Nc2c(C(=O)NCC3CCCCC3)cnn21. The summed E-state index contributed by atoms with van der Waals surface area (Å²) < 4.78 is 1.95. The number of nitrogens with zero attached hydrogens (tertiary/aromatic N) is 2. The minimum atomic E-state index is -0.00904. The maximum atomic E-state index is 12.8. The highest BCUT2D eigenvalue weighted by atomic mass is 16.1. The predicted molar refractivity (Wildman–Crippen MR) is 103 cm³/mol. The van der Waals surface area contributed by atoms with Gasteiger partial charge < -0.3 is 10.6 Å². The molecule has 1 aromatic heterocycles. The third kappa shape index (κ3) is 3.48. The maximum absolute atomic E-state index is 12.8. The van der Waals surface area contributed by atoms with Crippen molar-refractivity contribution in [2.45, 2.75) is 57.5 Å². The van der Waals surface area contributed by atoms with Gasteiger partial charge >= 0.3 is 0 Å². The lowest BCUT2D eigenvalue weighted by molar-refractivity contribution is 0.0944. The summed E-state index contributed by atoms with van der Waals surface area (Å²) in [6, 6.07) is 10.9. The average Bonchev–Trinajstić information content (AvgIpc) is 3.12. The Labute approximate surface area is 155 Å². The van der Waals surface area contributed by atoms with E-state index in [0.717, 1.165) is 18.8 Å². The highest BCUT2D eigenvalue weighted by Gasteiger charge is 2.29. The van der Waals surface area contributed by atoms with Crippen molar-refractivity contribution >= 4 is 11.7 Å². The van der Waals surface area contributed by atoms with Crippen LogP contribution in [-0.4, -0.2) is 22.2 Å². The first-order valence-electron chi connectivity index (χ1n) is 9.89. The van der Waals surface area contributed by atoms with Gasteiger partial charge in [-0.15, -0.1) is 0 Å². The molecule has 1 fully saturated rings. The minimum Gasteiger partial charge on any atom is -0.363 e. The molecule has 2 heterocycles. The van der Waals surface area contributed by atoms with Crippen LogP contribution in [0.4, 0.5) is 5.82 Å². The van der Waals surface area contributed by atoms with E-state index in [9.17, 15) is 4.79 Å². The number of amides is 1. The van der Waals surface area contributed by atoms with Crippen molar-refractivity contribution in [1.82, 2.24) is 15.1 Å². The van der Waals surface area contributed by atoms with E-state index in [1.54, 1.807) is 6.20 Å². The molecule has 1 saturated carbocycles. The maximum Gasteiger partial charge on any atom is 0.256 e. The summed E-state index contributed by atoms with van der Waals surface area (Å²) in [5.74, 6) is 1.46. The van der Waals surface area contributed by atoms with Crippen LogP contribution in [0.2, 0.25) is 0 Å². The van der Waals surface area contributed by atoms with E-state index in [1.165, 1.54) is 37.7 Å². The lowest BCUT2D eigenvalue weighted by Gasteiger charge is -2.31. The first-order chi connectivity index (χ1) is 12.7. The van der Waals surface area contributed by atoms with Crippen LogP contribution in [0.1, 0.15) is 73.5 Å². The molecule has 0 bridgehead atoms. The van der Waals surface area contributed by atoms with E-state index in [0.29, 0.717) is 11.5 Å². The highest BCUT2D eigenvalue weighted by Crippen LogP contribution is 2.36. The molecule has 5 heteroatoms. The molecule has 2 unspecified atom stereocenters. The Morgan fingerprint density at radius 3 is 2.77 bits per heavy atom.